The van der Waals surface area contributed by atoms with Gasteiger partial charge in [-0.15, -0.1) is 6.42 Å². The lowest BCUT2D eigenvalue weighted by Crippen LogP contribution is -2.23. The van der Waals surface area contributed by atoms with Crippen molar-refractivity contribution in [3.63, 3.8) is 0 Å². The van der Waals surface area contributed by atoms with Gasteiger partial charge in [0.05, 0.1) is 51.1 Å². The third-order valence-electron chi connectivity index (χ3n) is 17.2. The largest absolute Gasteiger partial charge is 0.485 e. The summed E-state index contributed by atoms with van der Waals surface area (Å²) in [6, 6.07) is 14.9. The van der Waals surface area contributed by atoms with Gasteiger partial charge in [-0.3, -0.25) is 58.0 Å². The van der Waals surface area contributed by atoms with Crippen LogP contribution < -0.4 is 30.9 Å². The molecule has 596 valence electrons. The first-order valence-electron chi connectivity index (χ1n) is 34.7. The predicted octanol–water partition coefficient (Wildman–Crippen LogP) is 15.5. The van der Waals surface area contributed by atoms with E-state index >= 15 is 0 Å². The monoisotopic (exact) mass is 1650 g/mol. The van der Waals surface area contributed by atoms with Gasteiger partial charge in [-0.25, -0.2) is 43.1 Å². The van der Waals surface area contributed by atoms with Gasteiger partial charge in [-0.1, -0.05) is 52.3 Å². The topological polar surface area (TPSA) is 309 Å². The second kappa shape index (κ2) is 34.3. The number of terminal acetylenes is 1. The minimum atomic E-state index is -4.82. The Morgan fingerprint density at radius 2 is 0.748 bits per heavy atom. The summed E-state index contributed by atoms with van der Waals surface area (Å²) < 4.78 is 105. The number of halogens is 10. The lowest BCUT2D eigenvalue weighted by molar-refractivity contribution is -0.137. The molecular weight excluding hydrogens is 1580 g/mol. The van der Waals surface area contributed by atoms with Crippen molar-refractivity contribution in [2.45, 2.75) is 147 Å². The third kappa shape index (κ3) is 19.7. The van der Waals surface area contributed by atoms with Crippen molar-refractivity contribution < 1.29 is 55.9 Å². The van der Waals surface area contributed by atoms with E-state index in [0.717, 1.165) is 0 Å². The van der Waals surface area contributed by atoms with Gasteiger partial charge < -0.3 is 29.5 Å². The van der Waals surface area contributed by atoms with Gasteiger partial charge in [-0.05, 0) is 174 Å². The van der Waals surface area contributed by atoms with E-state index in [1.54, 1.807) is 133 Å². The van der Waals surface area contributed by atoms with Crippen LogP contribution in [0.2, 0.25) is 20.1 Å². The summed E-state index contributed by atoms with van der Waals surface area (Å²) in [6.45, 7) is 23.6. The number of hydrogen-bond donors (Lipinski definition) is 3. The summed E-state index contributed by atoms with van der Waals surface area (Å²) in [4.78, 5) is 89.9. The quantitative estimate of drug-likeness (QED) is 0.0531. The van der Waals surface area contributed by atoms with Gasteiger partial charge in [0, 0.05) is 84.7 Å². The Hall–Kier alpha value is -11.4. The molecule has 0 saturated heterocycles. The van der Waals surface area contributed by atoms with E-state index in [2.05, 4.69) is 65.7 Å². The van der Waals surface area contributed by atoms with Crippen molar-refractivity contribution in [1.29, 1.82) is 0 Å². The van der Waals surface area contributed by atoms with Crippen molar-refractivity contribution in [2.75, 3.05) is 0 Å². The smallest absolute Gasteiger partial charge is 0.420 e. The minimum absolute atomic E-state index is 0.0147. The highest BCUT2D eigenvalue weighted by molar-refractivity contribution is 6.33. The first-order valence-corrected chi connectivity index (χ1v) is 36.3. The van der Waals surface area contributed by atoms with Crippen molar-refractivity contribution in [3.8, 4) is 80.8 Å². The number of pyridine rings is 9. The number of rotatable bonds is 18. The predicted molar refractivity (Wildman–Crippen MR) is 420 cm³/mol. The molecule has 34 heteroatoms. The molecule has 0 saturated carbocycles. The number of alkyl halides is 3. The van der Waals surface area contributed by atoms with Crippen molar-refractivity contribution in [3.05, 3.63) is 275 Å². The van der Waals surface area contributed by atoms with Crippen LogP contribution in [0.3, 0.4) is 0 Å². The molecule has 0 radical (unpaired) electrons. The Morgan fingerprint density at radius 1 is 0.409 bits per heavy atom. The molecule has 0 atom stereocenters. The zero-order valence-corrected chi connectivity index (χ0v) is 67.4. The summed E-state index contributed by atoms with van der Waals surface area (Å²) in [7, 11) is 0. The molecule has 0 spiro atoms. The summed E-state index contributed by atoms with van der Waals surface area (Å²) in [5, 5.41) is 30.6. The Bertz CT molecular complexity index is 6040. The molecular formula is C81H73Cl4F6N15O9. The first-order chi connectivity index (χ1) is 53.8. The molecule has 0 aliphatic carbocycles. The lowest BCUT2D eigenvalue weighted by atomic mass is 10.1. The van der Waals surface area contributed by atoms with Crippen LogP contribution in [0.15, 0.2) is 125 Å². The van der Waals surface area contributed by atoms with Crippen molar-refractivity contribution in [1.82, 2.24) is 73.5 Å². The Labute approximate surface area is 674 Å². The fourth-order valence-electron chi connectivity index (χ4n) is 11.2. The minimum Gasteiger partial charge on any atom is -0.485 e. The van der Waals surface area contributed by atoms with E-state index in [0.29, 0.717) is 90.8 Å². The van der Waals surface area contributed by atoms with E-state index in [4.69, 9.17) is 67.0 Å². The number of aromatic nitrogens is 15. The summed E-state index contributed by atoms with van der Waals surface area (Å²) in [6.07, 6.45) is 11.7. The summed E-state index contributed by atoms with van der Waals surface area (Å²) >= 11 is 25.5. The molecule has 0 aliphatic heterocycles. The molecule has 115 heavy (non-hydrogen) atoms. The maximum absolute atomic E-state index is 14.2. The number of nitrogens with zero attached hydrogens (tertiary/aromatic N) is 15. The maximum Gasteiger partial charge on any atom is 0.420 e. The van der Waals surface area contributed by atoms with Crippen molar-refractivity contribution >= 4 is 46.4 Å². The van der Waals surface area contributed by atoms with Gasteiger partial charge in [0.15, 0.2) is 17.5 Å². The number of aliphatic hydroxyl groups is 3. The highest BCUT2D eigenvalue weighted by atomic mass is 35.5. The molecule has 0 amide bonds. The molecule has 0 bridgehead atoms. The molecule has 12 rings (SSSR count). The third-order valence-corrected chi connectivity index (χ3v) is 18.5. The molecule has 3 N–H and O–H groups in total. The molecule has 12 heterocycles. The first kappa shape index (κ1) is 86.0. The average molecular weight is 1660 g/mol. The van der Waals surface area contributed by atoms with E-state index in [1.165, 1.54) is 88.9 Å². The van der Waals surface area contributed by atoms with E-state index in [1.807, 2.05) is 0 Å². The van der Waals surface area contributed by atoms with E-state index < -0.39 is 68.4 Å². The molecule has 0 aromatic carbocycles. The van der Waals surface area contributed by atoms with Crippen LogP contribution in [-0.4, -0.2) is 88.8 Å². The molecule has 12 aromatic heterocycles. The molecule has 0 aliphatic rings. The van der Waals surface area contributed by atoms with E-state index in [9.17, 15) is 56.0 Å². The summed E-state index contributed by atoms with van der Waals surface area (Å²) in [5.41, 5.74) is 0.488. The van der Waals surface area contributed by atoms with Crippen molar-refractivity contribution in [2.24, 2.45) is 0 Å². The highest BCUT2D eigenvalue weighted by Crippen LogP contribution is 2.39. The number of hydrogen-bond acceptors (Lipinski definition) is 21. The van der Waals surface area contributed by atoms with Crippen LogP contribution in [-0.2, 0) is 42.8 Å². The van der Waals surface area contributed by atoms with Crippen LogP contribution in [0.25, 0.3) is 51.2 Å². The molecule has 0 fully saturated rings. The maximum atomic E-state index is 14.2. The zero-order chi connectivity index (χ0) is 84.4. The second-order valence-corrected chi connectivity index (χ2v) is 29.7. The second-order valence-electron chi connectivity index (χ2n) is 28.2. The van der Waals surface area contributed by atoms with Gasteiger partial charge in [0.25, 0.3) is 16.7 Å². The van der Waals surface area contributed by atoms with Crippen LogP contribution in [0.4, 0.5) is 26.3 Å². The number of ether oxygens (including phenoxy) is 3. The van der Waals surface area contributed by atoms with E-state index in [-0.39, 0.29) is 109 Å². The van der Waals surface area contributed by atoms with Crippen LogP contribution in [0.1, 0.15) is 138 Å². The fraction of sp³-hybridized carbons (Fsp3) is 0.272. The lowest BCUT2D eigenvalue weighted by Gasteiger charge is -2.20. The van der Waals surface area contributed by atoms with Gasteiger partial charge in [-0.2, -0.15) is 13.2 Å². The summed E-state index contributed by atoms with van der Waals surface area (Å²) in [5.74, 6) is 1.18. The molecule has 12 aromatic rings. The average Bonchev–Trinajstić information content (AvgIpc) is 0.766. The Morgan fingerprint density at radius 3 is 1.10 bits per heavy atom. The Kier molecular flexibility index (Phi) is 25.7. The zero-order valence-electron chi connectivity index (χ0n) is 64.4. The highest BCUT2D eigenvalue weighted by Gasteiger charge is 2.38. The Balaban J connectivity index is 0.000000182. The van der Waals surface area contributed by atoms with Crippen LogP contribution in [0.5, 0.6) is 17.2 Å². The van der Waals surface area contributed by atoms with Gasteiger partial charge in [0.1, 0.15) is 126 Å². The van der Waals surface area contributed by atoms with Gasteiger partial charge in [0.2, 0.25) is 0 Å². The molecule has 0 unspecified atom stereocenters. The normalized spacial score (nSPS) is 11.7. The molecule has 24 nitrogen and oxygen atoms in total. The standard InChI is InChI=1S/C28H25ClFN5O3.C27H24ClF4N5O3.C26H24Cl2FN5O3/c1-7-18-10-21(34-27(33-18)28(5,6)37)20-11-23(16(3)13-32-20)35-17(4)9-24(25(29)26(35)36)38-14-22-19(30)8-15(2)12-31-22;1-13-6-17(29)19(33-9-13)12-40-21-7-15(3)37(24(38)22(21)28)20-8-18(34-10-14(20)2)23-16(27(30,31)32)11-35-25(36-23)26(4,5)39;1-13-6-17(29)19(30-9-13)12-37-21-7-15(3)34(24(35)22(21)28)20-8-18(31-10-14(20)2)23-16(27)11-32-25(33-23)26(4,5)36/h1,8-13,37H,14H2,2-6H3;6-11,39H,12H2,1-5H3;6-11,36H,12H2,1-5H3. The van der Waals surface area contributed by atoms with Gasteiger partial charge >= 0.3 is 6.18 Å². The SMILES string of the molecule is C#Cc1cc(-c2cc(-n3c(C)cc(OCc4ncc(C)cc4F)c(Cl)c3=O)c(C)cn2)nc(C(C)(C)O)n1.Cc1cnc(COc2cc(C)n(-c3cc(-c4nc(C(C)(C)O)ncc4C(F)(F)F)ncc3C)c(=O)c2Cl)c(F)c1.Cc1cnc(COc2cc(C)n(-c3cc(-c4nc(C(C)(C)O)ncc4Cl)ncc3C)c(=O)c2Cl)c(F)c1. The van der Waals surface area contributed by atoms with Crippen LogP contribution in [0, 0.1) is 92.1 Å². The number of aryl methyl sites for hydroxylation is 9. The fourth-order valence-corrected chi connectivity index (χ4v) is 12.0. The van der Waals surface area contributed by atoms with Crippen LogP contribution >= 0.6 is 46.4 Å².